The van der Waals surface area contributed by atoms with Gasteiger partial charge in [-0.3, -0.25) is 0 Å². The Morgan fingerprint density at radius 2 is 2.14 bits per heavy atom. The lowest BCUT2D eigenvalue weighted by Crippen LogP contribution is -2.44. The fourth-order valence-corrected chi connectivity index (χ4v) is 6.45. The molecular formula is C11H12BrClF3NO2S2. The van der Waals surface area contributed by atoms with Gasteiger partial charge in [0.25, 0.3) is 0 Å². The van der Waals surface area contributed by atoms with Gasteiger partial charge in [0.1, 0.15) is 4.90 Å². The number of alkyl halides is 4. The van der Waals surface area contributed by atoms with Crippen molar-refractivity contribution in [3.05, 3.63) is 14.7 Å². The van der Waals surface area contributed by atoms with Gasteiger partial charge >= 0.3 is 6.18 Å². The van der Waals surface area contributed by atoms with Gasteiger partial charge in [-0.15, -0.1) is 22.9 Å². The Morgan fingerprint density at radius 3 is 2.67 bits per heavy atom. The largest absolute Gasteiger partial charge is 0.393 e. The summed E-state index contributed by atoms with van der Waals surface area (Å²) in [4.78, 5) is 0.637. The molecule has 1 atom stereocenters. The first kappa shape index (κ1) is 17.5. The first-order valence-corrected chi connectivity index (χ1v) is 9.65. The van der Waals surface area contributed by atoms with Crippen LogP contribution in [0.3, 0.4) is 0 Å². The van der Waals surface area contributed by atoms with E-state index in [4.69, 9.17) is 11.6 Å². The molecule has 1 aromatic rings. The number of hydrogen-bond acceptors (Lipinski definition) is 3. The maximum atomic E-state index is 12.8. The maximum Gasteiger partial charge on any atom is 0.393 e. The third-order valence-electron chi connectivity index (χ3n) is 3.30. The standard InChI is InChI=1S/C11H12BrClF3NO2S2/c12-10-9(4-8(5-13)20-10)21(18,19)17-3-1-2-7(6-17)11(14,15)16/h4,7H,1-3,5-6H2. The molecule has 0 radical (unpaired) electrons. The van der Waals surface area contributed by atoms with Gasteiger partial charge in [-0.05, 0) is 34.8 Å². The average Bonchev–Trinajstić information content (AvgIpc) is 2.80. The maximum absolute atomic E-state index is 12.8. The highest BCUT2D eigenvalue weighted by Gasteiger charge is 2.44. The van der Waals surface area contributed by atoms with Gasteiger partial charge in [0.2, 0.25) is 10.0 Å². The van der Waals surface area contributed by atoms with Gasteiger partial charge in [-0.25, -0.2) is 8.42 Å². The number of piperidine rings is 1. The van der Waals surface area contributed by atoms with Crippen LogP contribution < -0.4 is 0 Å². The summed E-state index contributed by atoms with van der Waals surface area (Å²) in [6, 6.07) is 1.41. The minimum absolute atomic E-state index is 0.00836. The van der Waals surface area contributed by atoms with Crippen LogP contribution in [0.25, 0.3) is 0 Å². The second-order valence-electron chi connectivity index (χ2n) is 4.73. The van der Waals surface area contributed by atoms with Crippen molar-refractivity contribution in [1.82, 2.24) is 4.31 Å². The minimum Gasteiger partial charge on any atom is -0.207 e. The predicted molar refractivity (Wildman–Crippen MR) is 79.1 cm³/mol. The molecule has 1 aromatic heterocycles. The van der Waals surface area contributed by atoms with Gasteiger partial charge < -0.3 is 0 Å². The van der Waals surface area contributed by atoms with E-state index in [0.717, 1.165) is 4.31 Å². The van der Waals surface area contributed by atoms with E-state index in [9.17, 15) is 21.6 Å². The van der Waals surface area contributed by atoms with Crippen molar-refractivity contribution in [2.45, 2.75) is 29.8 Å². The molecule has 1 aliphatic heterocycles. The van der Waals surface area contributed by atoms with E-state index >= 15 is 0 Å². The van der Waals surface area contributed by atoms with Gasteiger partial charge in [-0.2, -0.15) is 17.5 Å². The Morgan fingerprint density at radius 1 is 1.48 bits per heavy atom. The molecule has 0 bridgehead atoms. The lowest BCUT2D eigenvalue weighted by atomic mass is 9.99. The Bertz CT molecular complexity index is 617. The number of rotatable bonds is 3. The molecule has 3 nitrogen and oxygen atoms in total. The topological polar surface area (TPSA) is 37.4 Å². The third kappa shape index (κ3) is 3.74. The second-order valence-corrected chi connectivity index (χ2v) is 9.36. The molecule has 1 fully saturated rings. The number of sulfonamides is 1. The molecule has 2 heterocycles. The first-order valence-electron chi connectivity index (χ1n) is 6.07. The second kappa shape index (κ2) is 6.35. The van der Waals surface area contributed by atoms with Crippen LogP contribution in [-0.4, -0.2) is 32.0 Å². The molecule has 120 valence electrons. The minimum atomic E-state index is -4.37. The van der Waals surface area contributed by atoms with Crippen LogP contribution in [0.2, 0.25) is 0 Å². The summed E-state index contributed by atoms with van der Waals surface area (Å²) in [6.45, 7) is -0.419. The van der Waals surface area contributed by atoms with Crippen molar-refractivity contribution < 1.29 is 21.6 Å². The molecule has 1 unspecified atom stereocenters. The van der Waals surface area contributed by atoms with E-state index in [-0.39, 0.29) is 30.2 Å². The van der Waals surface area contributed by atoms with Crippen LogP contribution in [-0.2, 0) is 15.9 Å². The molecule has 0 aromatic carbocycles. The van der Waals surface area contributed by atoms with E-state index < -0.39 is 28.7 Å². The van der Waals surface area contributed by atoms with Gasteiger partial charge in [0.15, 0.2) is 0 Å². The smallest absolute Gasteiger partial charge is 0.207 e. The van der Waals surface area contributed by atoms with Crippen molar-refractivity contribution in [2.24, 2.45) is 5.92 Å². The number of nitrogens with zero attached hydrogens (tertiary/aromatic N) is 1. The quantitative estimate of drug-likeness (QED) is 0.679. The fraction of sp³-hybridized carbons (Fsp3) is 0.636. The third-order valence-corrected chi connectivity index (χ3v) is 7.87. The normalized spacial score (nSPS) is 21.7. The summed E-state index contributed by atoms with van der Waals surface area (Å²) in [6.07, 6.45) is -4.21. The molecule has 10 heteroatoms. The van der Waals surface area contributed by atoms with Crippen molar-refractivity contribution in [3.8, 4) is 0 Å². The Hall–Kier alpha value is 0.170. The summed E-state index contributed by atoms with van der Waals surface area (Å²) < 4.78 is 64.7. The monoisotopic (exact) mass is 425 g/mol. The average molecular weight is 427 g/mol. The highest BCUT2D eigenvalue weighted by molar-refractivity contribution is 9.11. The number of halogens is 5. The van der Waals surface area contributed by atoms with Crippen molar-refractivity contribution >= 4 is 48.9 Å². The predicted octanol–water partition coefficient (Wildman–Crippen LogP) is 4.21. The number of thiophene rings is 1. The van der Waals surface area contributed by atoms with E-state index in [2.05, 4.69) is 15.9 Å². The van der Waals surface area contributed by atoms with Crippen LogP contribution in [0.1, 0.15) is 17.7 Å². The van der Waals surface area contributed by atoms with E-state index in [1.807, 2.05) is 0 Å². The Kier molecular flexibility index (Phi) is 5.30. The lowest BCUT2D eigenvalue weighted by molar-refractivity contribution is -0.182. The van der Waals surface area contributed by atoms with Crippen LogP contribution in [0.15, 0.2) is 14.7 Å². The molecular weight excluding hydrogens is 415 g/mol. The van der Waals surface area contributed by atoms with Crippen molar-refractivity contribution in [2.75, 3.05) is 13.1 Å². The molecule has 0 aliphatic carbocycles. The highest BCUT2D eigenvalue weighted by atomic mass is 79.9. The van der Waals surface area contributed by atoms with Gasteiger partial charge in [0, 0.05) is 18.0 Å². The molecule has 0 spiro atoms. The Labute approximate surface area is 138 Å². The summed E-state index contributed by atoms with van der Waals surface area (Å²) in [5.41, 5.74) is 0. The lowest BCUT2D eigenvalue weighted by Gasteiger charge is -2.32. The van der Waals surface area contributed by atoms with Crippen molar-refractivity contribution in [3.63, 3.8) is 0 Å². The summed E-state index contributed by atoms with van der Waals surface area (Å²) in [7, 11) is -3.94. The zero-order chi connectivity index (χ0) is 15.8. The Balaban J connectivity index is 2.28. The van der Waals surface area contributed by atoms with Gasteiger partial charge in [0.05, 0.1) is 15.6 Å². The zero-order valence-corrected chi connectivity index (χ0v) is 14.6. The van der Waals surface area contributed by atoms with E-state index in [1.54, 1.807) is 0 Å². The van der Waals surface area contributed by atoms with E-state index in [0.29, 0.717) is 8.66 Å². The van der Waals surface area contributed by atoms with Gasteiger partial charge in [-0.1, -0.05) is 0 Å². The highest BCUT2D eigenvalue weighted by Crippen LogP contribution is 2.38. The molecule has 0 saturated carbocycles. The van der Waals surface area contributed by atoms with Crippen LogP contribution in [0.5, 0.6) is 0 Å². The van der Waals surface area contributed by atoms with Crippen molar-refractivity contribution in [1.29, 1.82) is 0 Å². The summed E-state index contributed by atoms with van der Waals surface area (Å²) >= 11 is 9.98. The number of hydrogen-bond donors (Lipinski definition) is 0. The van der Waals surface area contributed by atoms with E-state index in [1.165, 1.54) is 17.4 Å². The fourth-order valence-electron chi connectivity index (χ4n) is 2.21. The SMILES string of the molecule is O=S(=O)(c1cc(CCl)sc1Br)N1CCCC(C(F)(F)F)C1. The molecule has 21 heavy (non-hydrogen) atoms. The van der Waals surface area contributed by atoms with Crippen LogP contribution in [0, 0.1) is 5.92 Å². The summed E-state index contributed by atoms with van der Waals surface area (Å²) in [5.74, 6) is -1.45. The van der Waals surface area contributed by atoms with Crippen LogP contribution in [0.4, 0.5) is 13.2 Å². The molecule has 0 N–H and O–H groups in total. The zero-order valence-electron chi connectivity index (χ0n) is 10.7. The molecule has 2 rings (SSSR count). The molecule has 1 saturated heterocycles. The molecule has 1 aliphatic rings. The molecule has 0 amide bonds. The van der Waals surface area contributed by atoms with Crippen LogP contribution >= 0.6 is 38.9 Å². The summed E-state index contributed by atoms with van der Waals surface area (Å²) in [5, 5.41) is 0. The first-order chi connectivity index (χ1) is 9.66.